The Balaban J connectivity index is 2.16. The van der Waals surface area contributed by atoms with E-state index in [2.05, 4.69) is 5.32 Å². The number of nitrogens with two attached hydrogens (primary N) is 1. The van der Waals surface area contributed by atoms with Gasteiger partial charge in [-0.05, 0) is 30.5 Å². The highest BCUT2D eigenvalue weighted by Crippen LogP contribution is 2.10. The number of hydrogen-bond acceptors (Lipinski definition) is 2. The van der Waals surface area contributed by atoms with Gasteiger partial charge in [0.1, 0.15) is 0 Å². The molecule has 0 unspecified atom stereocenters. The zero-order valence-corrected chi connectivity index (χ0v) is 9.96. The standard InChI is InChI=1S/C12H17ClN2O/c13-11-5-3-10(4-6-11)2-1-9-15-12(16)7-8-14/h3-6H,1-2,7-9,14H2,(H,15,16). The first-order valence-corrected chi connectivity index (χ1v) is 5.81. The van der Waals surface area contributed by atoms with E-state index in [1.54, 1.807) is 0 Å². The molecule has 16 heavy (non-hydrogen) atoms. The van der Waals surface area contributed by atoms with Crippen molar-refractivity contribution in [1.82, 2.24) is 5.32 Å². The monoisotopic (exact) mass is 240 g/mol. The van der Waals surface area contributed by atoms with Crippen LogP contribution < -0.4 is 11.1 Å². The van der Waals surface area contributed by atoms with E-state index < -0.39 is 0 Å². The maximum absolute atomic E-state index is 11.1. The van der Waals surface area contributed by atoms with E-state index in [1.807, 2.05) is 24.3 Å². The molecule has 0 saturated carbocycles. The molecule has 0 fully saturated rings. The summed E-state index contributed by atoms with van der Waals surface area (Å²) < 4.78 is 0. The van der Waals surface area contributed by atoms with Gasteiger partial charge < -0.3 is 11.1 Å². The Bertz CT molecular complexity index is 324. The third-order valence-corrected chi connectivity index (χ3v) is 2.50. The summed E-state index contributed by atoms with van der Waals surface area (Å²) in [5.41, 5.74) is 6.50. The van der Waals surface area contributed by atoms with Crippen LogP contribution in [0, 0.1) is 0 Å². The molecule has 0 aromatic heterocycles. The lowest BCUT2D eigenvalue weighted by molar-refractivity contribution is -0.120. The van der Waals surface area contributed by atoms with Crippen LogP contribution in [-0.2, 0) is 11.2 Å². The van der Waals surface area contributed by atoms with Crippen LogP contribution in [0.4, 0.5) is 0 Å². The van der Waals surface area contributed by atoms with Crippen LogP contribution >= 0.6 is 11.6 Å². The second kappa shape index (κ2) is 7.25. The second-order valence-corrected chi connectivity index (χ2v) is 4.06. The summed E-state index contributed by atoms with van der Waals surface area (Å²) in [5, 5.41) is 3.57. The summed E-state index contributed by atoms with van der Waals surface area (Å²) in [6.45, 7) is 1.10. The topological polar surface area (TPSA) is 55.1 Å². The number of halogens is 1. The van der Waals surface area contributed by atoms with Crippen molar-refractivity contribution < 1.29 is 4.79 Å². The summed E-state index contributed by atoms with van der Waals surface area (Å²) in [5.74, 6) is 0.0265. The number of carbonyl (C=O) groups excluding carboxylic acids is 1. The van der Waals surface area contributed by atoms with E-state index in [-0.39, 0.29) is 5.91 Å². The third-order valence-electron chi connectivity index (χ3n) is 2.25. The molecule has 0 saturated heterocycles. The summed E-state index contributed by atoms with van der Waals surface area (Å²) in [4.78, 5) is 11.1. The smallest absolute Gasteiger partial charge is 0.221 e. The predicted octanol–water partition coefficient (Wildman–Crippen LogP) is 1.74. The fourth-order valence-electron chi connectivity index (χ4n) is 1.39. The number of nitrogens with one attached hydrogen (secondary N) is 1. The van der Waals surface area contributed by atoms with Crippen molar-refractivity contribution in [3.8, 4) is 0 Å². The molecule has 0 heterocycles. The molecule has 0 aliphatic rings. The lowest BCUT2D eigenvalue weighted by Gasteiger charge is -2.04. The quantitative estimate of drug-likeness (QED) is 0.745. The number of carbonyl (C=O) groups is 1. The van der Waals surface area contributed by atoms with Crippen LogP contribution in [0.25, 0.3) is 0 Å². The van der Waals surface area contributed by atoms with E-state index in [0.717, 1.165) is 17.9 Å². The number of rotatable bonds is 6. The van der Waals surface area contributed by atoms with Crippen molar-refractivity contribution in [2.24, 2.45) is 5.73 Å². The van der Waals surface area contributed by atoms with Gasteiger partial charge >= 0.3 is 0 Å². The molecule has 1 rings (SSSR count). The van der Waals surface area contributed by atoms with E-state index in [1.165, 1.54) is 5.56 Å². The molecule has 0 atom stereocenters. The average molecular weight is 241 g/mol. The molecule has 0 bridgehead atoms. The van der Waals surface area contributed by atoms with Gasteiger partial charge in [0.05, 0.1) is 0 Å². The van der Waals surface area contributed by atoms with Gasteiger partial charge in [-0.25, -0.2) is 0 Å². The Labute approximate surface area is 101 Å². The van der Waals surface area contributed by atoms with Crippen molar-refractivity contribution in [1.29, 1.82) is 0 Å². The van der Waals surface area contributed by atoms with Gasteiger partial charge in [-0.15, -0.1) is 0 Å². The summed E-state index contributed by atoms with van der Waals surface area (Å²) >= 11 is 5.78. The van der Waals surface area contributed by atoms with Crippen LogP contribution in [0.1, 0.15) is 18.4 Å². The average Bonchev–Trinajstić information content (AvgIpc) is 2.27. The van der Waals surface area contributed by atoms with E-state index >= 15 is 0 Å². The highest BCUT2D eigenvalue weighted by atomic mass is 35.5. The van der Waals surface area contributed by atoms with Crippen LogP contribution in [-0.4, -0.2) is 19.0 Å². The van der Waals surface area contributed by atoms with Gasteiger partial charge in [-0.3, -0.25) is 4.79 Å². The normalized spacial score (nSPS) is 10.1. The van der Waals surface area contributed by atoms with Gasteiger partial charge in [-0.2, -0.15) is 0 Å². The number of amides is 1. The minimum atomic E-state index is 0.0265. The van der Waals surface area contributed by atoms with Crippen LogP contribution in [0.3, 0.4) is 0 Å². The zero-order chi connectivity index (χ0) is 11.8. The SMILES string of the molecule is NCCC(=O)NCCCc1ccc(Cl)cc1. The Hall–Kier alpha value is -1.06. The van der Waals surface area contributed by atoms with Gasteiger partial charge in [-0.1, -0.05) is 23.7 Å². The molecule has 1 amide bonds. The first-order chi connectivity index (χ1) is 7.72. The predicted molar refractivity (Wildman–Crippen MR) is 66.5 cm³/mol. The summed E-state index contributed by atoms with van der Waals surface area (Å²) in [6, 6.07) is 7.77. The first kappa shape index (κ1) is 13.0. The van der Waals surface area contributed by atoms with Gasteiger partial charge in [0.2, 0.25) is 5.91 Å². The fraction of sp³-hybridized carbons (Fsp3) is 0.417. The molecule has 1 aromatic carbocycles. The Morgan fingerprint density at radius 3 is 2.62 bits per heavy atom. The molecule has 88 valence electrons. The molecule has 0 radical (unpaired) electrons. The van der Waals surface area contributed by atoms with Crippen LogP contribution in [0.2, 0.25) is 5.02 Å². The Morgan fingerprint density at radius 2 is 2.00 bits per heavy atom. The minimum Gasteiger partial charge on any atom is -0.356 e. The molecule has 1 aromatic rings. The summed E-state index contributed by atoms with van der Waals surface area (Å²) in [6.07, 6.45) is 2.28. The van der Waals surface area contributed by atoms with Crippen LogP contribution in [0.5, 0.6) is 0 Å². The Kier molecular flexibility index (Phi) is 5.90. The number of benzene rings is 1. The second-order valence-electron chi connectivity index (χ2n) is 3.62. The van der Waals surface area contributed by atoms with Crippen molar-refractivity contribution in [2.75, 3.05) is 13.1 Å². The third kappa shape index (κ3) is 5.14. The van der Waals surface area contributed by atoms with Crippen molar-refractivity contribution >= 4 is 17.5 Å². The van der Waals surface area contributed by atoms with Gasteiger partial charge in [0, 0.05) is 24.5 Å². The van der Waals surface area contributed by atoms with Crippen molar-refractivity contribution in [2.45, 2.75) is 19.3 Å². The largest absolute Gasteiger partial charge is 0.356 e. The van der Waals surface area contributed by atoms with Crippen LogP contribution in [0.15, 0.2) is 24.3 Å². The first-order valence-electron chi connectivity index (χ1n) is 5.43. The molecular weight excluding hydrogens is 224 g/mol. The lowest BCUT2D eigenvalue weighted by Crippen LogP contribution is -2.26. The maximum atomic E-state index is 11.1. The van der Waals surface area contributed by atoms with Gasteiger partial charge in [0.25, 0.3) is 0 Å². The number of aryl methyl sites for hydroxylation is 1. The fourth-order valence-corrected chi connectivity index (χ4v) is 1.52. The molecule has 0 aliphatic heterocycles. The van der Waals surface area contributed by atoms with E-state index in [9.17, 15) is 4.79 Å². The highest BCUT2D eigenvalue weighted by molar-refractivity contribution is 6.30. The van der Waals surface area contributed by atoms with E-state index in [4.69, 9.17) is 17.3 Å². The zero-order valence-electron chi connectivity index (χ0n) is 9.21. The summed E-state index contributed by atoms with van der Waals surface area (Å²) in [7, 11) is 0. The lowest BCUT2D eigenvalue weighted by atomic mass is 10.1. The van der Waals surface area contributed by atoms with Crippen molar-refractivity contribution in [3.05, 3.63) is 34.9 Å². The van der Waals surface area contributed by atoms with Gasteiger partial charge in [0.15, 0.2) is 0 Å². The van der Waals surface area contributed by atoms with E-state index in [0.29, 0.717) is 19.5 Å². The molecule has 3 nitrogen and oxygen atoms in total. The number of hydrogen-bond donors (Lipinski definition) is 2. The molecule has 0 aliphatic carbocycles. The molecule has 0 spiro atoms. The molecule has 4 heteroatoms. The minimum absolute atomic E-state index is 0.0265. The maximum Gasteiger partial charge on any atom is 0.221 e. The highest BCUT2D eigenvalue weighted by Gasteiger charge is 1.98. The van der Waals surface area contributed by atoms with Crippen molar-refractivity contribution in [3.63, 3.8) is 0 Å². The Morgan fingerprint density at radius 1 is 1.31 bits per heavy atom. The molecule has 3 N–H and O–H groups in total. The molecular formula is C12H17ClN2O.